The van der Waals surface area contributed by atoms with Gasteiger partial charge in [-0.05, 0) is 66.3 Å². The van der Waals surface area contributed by atoms with E-state index in [1.807, 2.05) is 48.5 Å². The second-order valence-electron chi connectivity index (χ2n) is 7.35. The Hall–Kier alpha value is -3.66. The second kappa shape index (κ2) is 9.23. The van der Waals surface area contributed by atoms with Gasteiger partial charge in [0, 0.05) is 23.7 Å². The number of hydrogen-bond donors (Lipinski definition) is 2. The van der Waals surface area contributed by atoms with Crippen LogP contribution >= 0.6 is 0 Å². The standard InChI is InChI=1S/C26H24N2O2/c29-24-18-23(17-21-13-7-15-27-25(21)24)20-11-6-12-22(16-20)26(30)28-14-5-4-10-19-8-2-1-3-9-19/h1-3,6-9,11-13,15-18,29H,4-5,10,14H2,(H,28,30). The van der Waals surface area contributed by atoms with Crippen LogP contribution in [0.25, 0.3) is 22.0 Å². The summed E-state index contributed by atoms with van der Waals surface area (Å²) in [5, 5.41) is 14.2. The number of fused-ring (bicyclic) bond motifs is 1. The Morgan fingerprint density at radius 1 is 0.867 bits per heavy atom. The number of carbonyl (C=O) groups is 1. The van der Waals surface area contributed by atoms with E-state index >= 15 is 0 Å². The van der Waals surface area contributed by atoms with Crippen LogP contribution in [0.15, 0.2) is 85.1 Å². The van der Waals surface area contributed by atoms with Gasteiger partial charge < -0.3 is 10.4 Å². The molecule has 150 valence electrons. The summed E-state index contributed by atoms with van der Waals surface area (Å²) in [6, 6.07) is 25.3. The average molecular weight is 396 g/mol. The zero-order valence-corrected chi connectivity index (χ0v) is 16.7. The van der Waals surface area contributed by atoms with Crippen molar-refractivity contribution in [2.75, 3.05) is 6.54 Å². The smallest absolute Gasteiger partial charge is 0.251 e. The van der Waals surface area contributed by atoms with E-state index in [1.165, 1.54) is 5.56 Å². The molecule has 0 radical (unpaired) electrons. The number of phenolic OH excluding ortho intramolecular Hbond substituents is 1. The minimum Gasteiger partial charge on any atom is -0.506 e. The Labute approximate surface area is 176 Å². The molecule has 4 aromatic rings. The summed E-state index contributed by atoms with van der Waals surface area (Å²) in [5.41, 5.74) is 4.25. The number of unbranched alkanes of at least 4 members (excludes halogenated alkanes) is 1. The molecule has 0 atom stereocenters. The highest BCUT2D eigenvalue weighted by molar-refractivity contribution is 5.96. The van der Waals surface area contributed by atoms with E-state index in [0.29, 0.717) is 17.6 Å². The number of rotatable bonds is 7. The van der Waals surface area contributed by atoms with E-state index in [2.05, 4.69) is 34.6 Å². The molecule has 0 unspecified atom stereocenters. The maximum atomic E-state index is 12.6. The molecular weight excluding hydrogens is 372 g/mol. The Balaban J connectivity index is 1.39. The number of hydrogen-bond acceptors (Lipinski definition) is 3. The number of carbonyl (C=O) groups excluding carboxylic acids is 1. The summed E-state index contributed by atoms with van der Waals surface area (Å²) in [6.07, 6.45) is 4.65. The molecule has 0 bridgehead atoms. The van der Waals surface area contributed by atoms with E-state index in [-0.39, 0.29) is 11.7 Å². The van der Waals surface area contributed by atoms with Crippen LogP contribution in [0.4, 0.5) is 0 Å². The van der Waals surface area contributed by atoms with Gasteiger partial charge in [0.15, 0.2) is 0 Å². The SMILES string of the molecule is O=C(NCCCCc1ccccc1)c1cccc(-c2cc(O)c3ncccc3c2)c1. The molecule has 1 heterocycles. The fraction of sp³-hybridized carbons (Fsp3) is 0.154. The molecule has 0 saturated heterocycles. The van der Waals surface area contributed by atoms with Crippen molar-refractivity contribution in [3.8, 4) is 16.9 Å². The first-order chi connectivity index (χ1) is 14.7. The molecule has 1 amide bonds. The highest BCUT2D eigenvalue weighted by atomic mass is 16.3. The van der Waals surface area contributed by atoms with Crippen molar-refractivity contribution in [1.29, 1.82) is 0 Å². The lowest BCUT2D eigenvalue weighted by Gasteiger charge is -2.09. The van der Waals surface area contributed by atoms with Gasteiger partial charge in [-0.2, -0.15) is 0 Å². The fourth-order valence-corrected chi connectivity index (χ4v) is 3.58. The van der Waals surface area contributed by atoms with Crippen molar-refractivity contribution in [2.45, 2.75) is 19.3 Å². The first-order valence-corrected chi connectivity index (χ1v) is 10.2. The van der Waals surface area contributed by atoms with E-state index in [0.717, 1.165) is 35.8 Å². The Morgan fingerprint density at radius 3 is 2.60 bits per heavy atom. The molecule has 0 fully saturated rings. The van der Waals surface area contributed by atoms with E-state index in [4.69, 9.17) is 0 Å². The molecule has 4 rings (SSSR count). The van der Waals surface area contributed by atoms with E-state index in [1.54, 1.807) is 12.3 Å². The maximum absolute atomic E-state index is 12.6. The summed E-state index contributed by atoms with van der Waals surface area (Å²) in [7, 11) is 0. The van der Waals surface area contributed by atoms with Crippen molar-refractivity contribution < 1.29 is 9.90 Å². The lowest BCUT2D eigenvalue weighted by atomic mass is 10.0. The number of aromatic hydroxyl groups is 1. The number of phenols is 1. The number of nitrogens with one attached hydrogen (secondary N) is 1. The van der Waals surface area contributed by atoms with Gasteiger partial charge in [-0.3, -0.25) is 9.78 Å². The van der Waals surface area contributed by atoms with Gasteiger partial charge in [-0.25, -0.2) is 0 Å². The number of pyridine rings is 1. The molecule has 0 aliphatic heterocycles. The molecule has 0 aliphatic carbocycles. The number of aryl methyl sites for hydroxylation is 1. The van der Waals surface area contributed by atoms with Crippen LogP contribution in [0, 0.1) is 0 Å². The lowest BCUT2D eigenvalue weighted by molar-refractivity contribution is 0.0953. The van der Waals surface area contributed by atoms with Crippen molar-refractivity contribution >= 4 is 16.8 Å². The molecule has 4 heteroatoms. The Kier molecular flexibility index (Phi) is 6.04. The third-order valence-electron chi connectivity index (χ3n) is 5.16. The summed E-state index contributed by atoms with van der Waals surface area (Å²) in [5.74, 6) is 0.0552. The highest BCUT2D eigenvalue weighted by Gasteiger charge is 2.09. The predicted octanol–water partition coefficient (Wildman–Crippen LogP) is 5.36. The summed E-state index contributed by atoms with van der Waals surface area (Å²) in [4.78, 5) is 16.8. The van der Waals surface area contributed by atoms with Crippen LogP contribution in [0.3, 0.4) is 0 Å². The van der Waals surface area contributed by atoms with Crippen LogP contribution in [0.2, 0.25) is 0 Å². The van der Waals surface area contributed by atoms with Crippen LogP contribution in [-0.2, 0) is 6.42 Å². The monoisotopic (exact) mass is 396 g/mol. The fourth-order valence-electron chi connectivity index (χ4n) is 3.58. The van der Waals surface area contributed by atoms with Crippen LogP contribution < -0.4 is 5.32 Å². The zero-order chi connectivity index (χ0) is 20.8. The molecule has 3 aromatic carbocycles. The molecular formula is C26H24N2O2. The van der Waals surface area contributed by atoms with Gasteiger partial charge in [0.2, 0.25) is 0 Å². The topological polar surface area (TPSA) is 62.2 Å². The summed E-state index contributed by atoms with van der Waals surface area (Å²) >= 11 is 0. The number of amides is 1. The van der Waals surface area contributed by atoms with Gasteiger partial charge in [0.25, 0.3) is 5.91 Å². The van der Waals surface area contributed by atoms with Gasteiger partial charge in [-0.1, -0.05) is 48.5 Å². The molecule has 1 aromatic heterocycles. The number of nitrogens with zero attached hydrogens (tertiary/aromatic N) is 1. The predicted molar refractivity (Wildman–Crippen MR) is 121 cm³/mol. The first-order valence-electron chi connectivity index (χ1n) is 10.2. The summed E-state index contributed by atoms with van der Waals surface area (Å²) in [6.45, 7) is 0.651. The minimum absolute atomic E-state index is 0.0803. The molecule has 0 spiro atoms. The van der Waals surface area contributed by atoms with Crippen molar-refractivity contribution in [2.24, 2.45) is 0 Å². The van der Waals surface area contributed by atoms with Crippen molar-refractivity contribution in [1.82, 2.24) is 10.3 Å². The largest absolute Gasteiger partial charge is 0.506 e. The highest BCUT2D eigenvalue weighted by Crippen LogP contribution is 2.30. The van der Waals surface area contributed by atoms with Gasteiger partial charge in [-0.15, -0.1) is 0 Å². The third kappa shape index (κ3) is 4.66. The quantitative estimate of drug-likeness (QED) is 0.413. The normalized spacial score (nSPS) is 10.8. The average Bonchev–Trinajstić information content (AvgIpc) is 2.79. The van der Waals surface area contributed by atoms with Crippen molar-refractivity contribution in [3.05, 3.63) is 96.2 Å². The molecule has 4 nitrogen and oxygen atoms in total. The first kappa shape index (κ1) is 19.6. The molecule has 0 saturated carbocycles. The van der Waals surface area contributed by atoms with Crippen LogP contribution in [0.1, 0.15) is 28.8 Å². The number of aromatic nitrogens is 1. The molecule has 30 heavy (non-hydrogen) atoms. The summed E-state index contributed by atoms with van der Waals surface area (Å²) < 4.78 is 0. The maximum Gasteiger partial charge on any atom is 0.251 e. The van der Waals surface area contributed by atoms with Crippen LogP contribution in [0.5, 0.6) is 5.75 Å². The van der Waals surface area contributed by atoms with Crippen LogP contribution in [-0.4, -0.2) is 22.5 Å². The van der Waals surface area contributed by atoms with Gasteiger partial charge >= 0.3 is 0 Å². The van der Waals surface area contributed by atoms with Gasteiger partial charge in [0.05, 0.1) is 0 Å². The second-order valence-corrected chi connectivity index (χ2v) is 7.35. The van der Waals surface area contributed by atoms with Gasteiger partial charge in [0.1, 0.15) is 11.3 Å². The van der Waals surface area contributed by atoms with E-state index in [9.17, 15) is 9.90 Å². The Bertz CT molecular complexity index is 1160. The Morgan fingerprint density at radius 2 is 1.73 bits per heavy atom. The lowest BCUT2D eigenvalue weighted by Crippen LogP contribution is -2.24. The van der Waals surface area contributed by atoms with Crippen molar-refractivity contribution in [3.63, 3.8) is 0 Å². The zero-order valence-electron chi connectivity index (χ0n) is 16.7. The third-order valence-corrected chi connectivity index (χ3v) is 5.16. The minimum atomic E-state index is -0.0803. The number of benzene rings is 3. The van der Waals surface area contributed by atoms with E-state index < -0.39 is 0 Å². The molecule has 0 aliphatic rings. The molecule has 2 N–H and O–H groups in total.